The first-order chi connectivity index (χ1) is 16.7. The monoisotopic (exact) mass is 499 g/mol. The van der Waals surface area contributed by atoms with E-state index < -0.39 is 35.0 Å². The molecule has 0 radical (unpaired) electrons. The van der Waals surface area contributed by atoms with Crippen molar-refractivity contribution in [2.24, 2.45) is 0 Å². The predicted molar refractivity (Wildman–Crippen MR) is 129 cm³/mol. The highest BCUT2D eigenvalue weighted by atomic mass is 16.6. The van der Waals surface area contributed by atoms with E-state index >= 15 is 0 Å². The molecule has 2 heterocycles. The van der Waals surface area contributed by atoms with Gasteiger partial charge < -0.3 is 18.8 Å². The van der Waals surface area contributed by atoms with Gasteiger partial charge in [-0.25, -0.2) is 19.4 Å². The molecule has 0 saturated heterocycles. The van der Waals surface area contributed by atoms with Crippen LogP contribution in [0.4, 0.5) is 15.4 Å². The number of hydrogen-bond donors (Lipinski definition) is 1. The number of rotatable bonds is 5. The zero-order valence-corrected chi connectivity index (χ0v) is 21.0. The second kappa shape index (κ2) is 10.2. The molecule has 0 aliphatic carbocycles. The number of imide groups is 1. The molecule has 0 bridgehead atoms. The Balaban J connectivity index is 1.95. The van der Waals surface area contributed by atoms with Crippen molar-refractivity contribution >= 4 is 35.1 Å². The number of carbonyl (C=O) groups excluding carboxylic acids is 3. The Hall–Kier alpha value is -4.22. The molecule has 0 fully saturated rings. The van der Waals surface area contributed by atoms with Crippen molar-refractivity contribution in [2.75, 3.05) is 4.90 Å². The fourth-order valence-electron chi connectivity index (χ4n) is 3.02. The molecule has 3 aromatic rings. The Kier molecular flexibility index (Phi) is 7.46. The molecule has 2 amide bonds. The van der Waals surface area contributed by atoms with Crippen LogP contribution in [0.5, 0.6) is 0 Å². The Bertz CT molecular complexity index is 1290. The van der Waals surface area contributed by atoms with Crippen molar-refractivity contribution in [2.45, 2.75) is 65.9 Å². The normalized spacial score (nSPS) is 11.7. The largest absolute Gasteiger partial charge is 0.459 e. The number of aromatic amines is 1. The van der Waals surface area contributed by atoms with Gasteiger partial charge in [-0.05, 0) is 47.1 Å². The van der Waals surface area contributed by atoms with Crippen LogP contribution in [0.2, 0.25) is 0 Å². The minimum Gasteiger partial charge on any atom is -0.459 e. The third kappa shape index (κ3) is 6.90. The van der Waals surface area contributed by atoms with E-state index in [4.69, 9.17) is 14.2 Å². The van der Waals surface area contributed by atoms with Gasteiger partial charge in [-0.2, -0.15) is 9.88 Å². The first-order valence-corrected chi connectivity index (χ1v) is 11.1. The standard InChI is InChI=1S/C24H29N5O7/c1-23(2,3)35-21(32)29(22(33)36-24(4,5)6)19-17-18(26-20(31)27-19)28(14-25-17)12-16(30)34-13-15-10-8-7-9-11-15/h7-11,14H,12-13H2,1-6H3,(H,26,27,31). The van der Waals surface area contributed by atoms with Crippen LogP contribution in [-0.2, 0) is 32.2 Å². The maximum atomic E-state index is 13.0. The summed E-state index contributed by atoms with van der Waals surface area (Å²) in [6.07, 6.45) is -0.922. The minimum atomic E-state index is -1.09. The molecule has 0 aliphatic rings. The molecule has 0 spiro atoms. The summed E-state index contributed by atoms with van der Waals surface area (Å²) >= 11 is 0. The number of anilines is 1. The summed E-state index contributed by atoms with van der Waals surface area (Å²) < 4.78 is 17.3. The number of amides is 2. The molecule has 0 unspecified atom stereocenters. The first kappa shape index (κ1) is 26.4. The van der Waals surface area contributed by atoms with Gasteiger partial charge in [0.25, 0.3) is 0 Å². The van der Waals surface area contributed by atoms with Gasteiger partial charge in [0.1, 0.15) is 29.9 Å². The molecule has 36 heavy (non-hydrogen) atoms. The number of hydrogen-bond acceptors (Lipinski definition) is 9. The van der Waals surface area contributed by atoms with E-state index in [1.54, 1.807) is 41.5 Å². The van der Waals surface area contributed by atoms with E-state index in [0.29, 0.717) is 4.90 Å². The number of imidazole rings is 1. The van der Waals surface area contributed by atoms with E-state index in [0.717, 1.165) is 5.56 Å². The second-order valence-electron chi connectivity index (χ2n) is 9.88. The summed E-state index contributed by atoms with van der Waals surface area (Å²) in [5.74, 6) is -0.900. The van der Waals surface area contributed by atoms with Crippen LogP contribution in [0.25, 0.3) is 11.2 Å². The maximum Gasteiger partial charge on any atom is 0.425 e. The Morgan fingerprint density at radius 2 is 1.56 bits per heavy atom. The van der Waals surface area contributed by atoms with Crippen molar-refractivity contribution < 1.29 is 28.6 Å². The van der Waals surface area contributed by atoms with Gasteiger partial charge in [-0.1, -0.05) is 30.3 Å². The molecule has 192 valence electrons. The smallest absolute Gasteiger partial charge is 0.425 e. The number of nitrogens with one attached hydrogen (secondary N) is 1. The highest BCUT2D eigenvalue weighted by Crippen LogP contribution is 2.25. The number of H-pyrrole nitrogens is 1. The Labute approximate surface area is 207 Å². The lowest BCUT2D eigenvalue weighted by molar-refractivity contribution is -0.145. The van der Waals surface area contributed by atoms with E-state index in [2.05, 4.69) is 15.0 Å². The van der Waals surface area contributed by atoms with Gasteiger partial charge in [-0.15, -0.1) is 0 Å². The quantitative estimate of drug-likeness (QED) is 0.411. The maximum absolute atomic E-state index is 13.0. The highest BCUT2D eigenvalue weighted by molar-refractivity contribution is 6.12. The molecule has 0 saturated carbocycles. The average Bonchev–Trinajstić information content (AvgIpc) is 3.13. The van der Waals surface area contributed by atoms with Gasteiger partial charge in [0.15, 0.2) is 11.5 Å². The van der Waals surface area contributed by atoms with E-state index in [1.807, 2.05) is 30.3 Å². The third-order valence-corrected chi connectivity index (χ3v) is 4.38. The molecule has 1 aromatic carbocycles. The Morgan fingerprint density at radius 1 is 0.972 bits per heavy atom. The van der Waals surface area contributed by atoms with Crippen LogP contribution in [0, 0.1) is 0 Å². The molecule has 3 rings (SSSR count). The van der Waals surface area contributed by atoms with Crippen molar-refractivity contribution in [1.29, 1.82) is 0 Å². The first-order valence-electron chi connectivity index (χ1n) is 11.1. The number of benzene rings is 1. The number of carbonyl (C=O) groups is 3. The van der Waals surface area contributed by atoms with Crippen molar-refractivity contribution in [1.82, 2.24) is 19.5 Å². The molecule has 0 aliphatic heterocycles. The van der Waals surface area contributed by atoms with E-state index in [-0.39, 0.29) is 30.1 Å². The van der Waals surface area contributed by atoms with E-state index in [1.165, 1.54) is 10.9 Å². The zero-order valence-electron chi connectivity index (χ0n) is 21.0. The number of aromatic nitrogens is 4. The van der Waals surface area contributed by atoms with Gasteiger partial charge in [0, 0.05) is 0 Å². The molecule has 12 heteroatoms. The molecule has 0 atom stereocenters. The van der Waals surface area contributed by atoms with Crippen molar-refractivity contribution in [3.05, 3.63) is 52.7 Å². The number of ether oxygens (including phenoxy) is 3. The summed E-state index contributed by atoms with van der Waals surface area (Å²) in [6.45, 7) is 9.50. The van der Waals surface area contributed by atoms with Gasteiger partial charge in [-0.3, -0.25) is 9.78 Å². The van der Waals surface area contributed by atoms with Crippen molar-refractivity contribution in [3.8, 4) is 0 Å². The number of fused-ring (bicyclic) bond motifs is 1. The molecule has 1 N–H and O–H groups in total. The SMILES string of the molecule is CC(C)(C)OC(=O)N(C(=O)OC(C)(C)C)c1[nH]c(=O)nc2c1ncn2CC(=O)OCc1ccccc1. The minimum absolute atomic E-state index is 0.0258. The van der Waals surface area contributed by atoms with Crippen molar-refractivity contribution in [3.63, 3.8) is 0 Å². The Morgan fingerprint density at radius 3 is 2.11 bits per heavy atom. The zero-order chi connectivity index (χ0) is 26.7. The van der Waals surface area contributed by atoms with E-state index in [9.17, 15) is 19.2 Å². The van der Waals surface area contributed by atoms with Crippen LogP contribution in [-0.4, -0.2) is 48.9 Å². The summed E-state index contributed by atoms with van der Waals surface area (Å²) in [5.41, 5.74) is -2.04. The summed E-state index contributed by atoms with van der Waals surface area (Å²) in [7, 11) is 0. The van der Waals surface area contributed by atoms with Gasteiger partial charge >= 0.3 is 23.8 Å². The number of esters is 1. The summed E-state index contributed by atoms with van der Waals surface area (Å²) in [5, 5.41) is 0. The lowest BCUT2D eigenvalue weighted by atomic mass is 10.2. The fraction of sp³-hybridized carbons (Fsp3) is 0.417. The van der Waals surface area contributed by atoms with Crippen LogP contribution >= 0.6 is 0 Å². The van der Waals surface area contributed by atoms with Crippen LogP contribution in [0.1, 0.15) is 47.1 Å². The lowest BCUT2D eigenvalue weighted by Crippen LogP contribution is -2.45. The molecule has 12 nitrogen and oxygen atoms in total. The topological polar surface area (TPSA) is 146 Å². The lowest BCUT2D eigenvalue weighted by Gasteiger charge is -2.28. The summed E-state index contributed by atoms with van der Waals surface area (Å²) in [6, 6.07) is 9.13. The van der Waals surface area contributed by atoms with Gasteiger partial charge in [0.05, 0.1) is 6.33 Å². The molecular formula is C24H29N5O7. The number of nitrogens with zero attached hydrogens (tertiary/aromatic N) is 4. The third-order valence-electron chi connectivity index (χ3n) is 4.38. The van der Waals surface area contributed by atoms with Crippen LogP contribution in [0.15, 0.2) is 41.5 Å². The van der Waals surface area contributed by atoms with Crippen LogP contribution < -0.4 is 10.6 Å². The fourth-order valence-corrected chi connectivity index (χ4v) is 3.02. The second-order valence-corrected chi connectivity index (χ2v) is 9.88. The molecule has 2 aromatic heterocycles. The average molecular weight is 500 g/mol. The summed E-state index contributed by atoms with van der Waals surface area (Å²) in [4.78, 5) is 61.8. The molecular weight excluding hydrogens is 470 g/mol. The van der Waals surface area contributed by atoms with Gasteiger partial charge in [0.2, 0.25) is 0 Å². The predicted octanol–water partition coefficient (Wildman–Crippen LogP) is 3.54. The van der Waals surface area contributed by atoms with Crippen LogP contribution in [0.3, 0.4) is 0 Å². The highest BCUT2D eigenvalue weighted by Gasteiger charge is 2.35.